The predicted octanol–water partition coefficient (Wildman–Crippen LogP) is 3.44. The highest BCUT2D eigenvalue weighted by Gasteiger charge is 2.48. The number of benzene rings is 2. The highest BCUT2D eigenvalue weighted by Crippen LogP contribution is 2.16. The second-order valence-corrected chi connectivity index (χ2v) is 7.62. The summed E-state index contributed by atoms with van der Waals surface area (Å²) >= 11 is 4.22. The zero-order valence-corrected chi connectivity index (χ0v) is 19.7. The number of hydrogen-bond donors (Lipinski definition) is 3. The number of esters is 1. The lowest BCUT2D eigenvalue weighted by Gasteiger charge is -2.28. The highest BCUT2D eigenvalue weighted by molar-refractivity contribution is 7.81. The van der Waals surface area contributed by atoms with Crippen LogP contribution in [-0.4, -0.2) is 47.5 Å². The number of methoxy groups -OCH3 is 1. The van der Waals surface area contributed by atoms with Crippen LogP contribution in [0.3, 0.4) is 0 Å². The van der Waals surface area contributed by atoms with E-state index in [0.717, 1.165) is 11.3 Å². The minimum atomic E-state index is -2.09. The van der Waals surface area contributed by atoms with Gasteiger partial charge in [-0.05, 0) is 44.4 Å². The van der Waals surface area contributed by atoms with E-state index in [0.29, 0.717) is 6.42 Å². The smallest absolute Gasteiger partial charge is 0.343 e. The molecule has 2 N–H and O–H groups in total. The number of aryl methyl sites for hydroxylation is 1. The number of ether oxygens (including phenoxy) is 2. The van der Waals surface area contributed by atoms with E-state index >= 15 is 0 Å². The second kappa shape index (κ2) is 13.4. The molecule has 174 valence electrons. The molecule has 0 fully saturated rings. The minimum Gasteiger partial charge on any atom is -0.497 e. The fourth-order valence-electron chi connectivity index (χ4n) is 2.73. The first-order valence-electron chi connectivity index (χ1n) is 10.2. The van der Waals surface area contributed by atoms with Crippen molar-refractivity contribution in [1.29, 1.82) is 0 Å². The highest BCUT2D eigenvalue weighted by atomic mass is 32.1. The third-order valence-electron chi connectivity index (χ3n) is 4.69. The van der Waals surface area contributed by atoms with Crippen molar-refractivity contribution >= 4 is 30.5 Å². The van der Waals surface area contributed by atoms with Crippen LogP contribution >= 0.6 is 12.6 Å². The van der Waals surface area contributed by atoms with Gasteiger partial charge in [0.05, 0.1) is 19.0 Å². The average molecular weight is 462 g/mol. The molecule has 0 heterocycles. The monoisotopic (exact) mass is 461 g/mol. The summed E-state index contributed by atoms with van der Waals surface area (Å²) in [6.45, 7) is 5.15. The Morgan fingerprint density at radius 3 is 2.12 bits per heavy atom. The first-order chi connectivity index (χ1) is 15.2. The Morgan fingerprint density at radius 1 is 1.06 bits per heavy atom. The van der Waals surface area contributed by atoms with Crippen LogP contribution in [0.4, 0.5) is 0 Å². The molecule has 0 bridgehead atoms. The van der Waals surface area contributed by atoms with Crippen molar-refractivity contribution in [3.05, 3.63) is 65.7 Å². The lowest BCUT2D eigenvalue weighted by Crippen LogP contribution is -2.61. The molecule has 2 aromatic rings. The molecule has 0 saturated heterocycles. The summed E-state index contributed by atoms with van der Waals surface area (Å²) in [4.78, 5) is 35.8. The van der Waals surface area contributed by atoms with Gasteiger partial charge < -0.3 is 19.9 Å². The van der Waals surface area contributed by atoms with Crippen LogP contribution in [0.25, 0.3) is 0 Å². The molecule has 32 heavy (non-hydrogen) atoms. The molecular formula is C24H31NO6S. The third kappa shape index (κ3) is 7.92. The van der Waals surface area contributed by atoms with E-state index in [2.05, 4.69) is 24.9 Å². The summed E-state index contributed by atoms with van der Waals surface area (Å²) < 4.78 is 9.77. The van der Waals surface area contributed by atoms with Gasteiger partial charge >= 0.3 is 11.9 Å². The molecule has 2 rings (SSSR count). The Kier molecular flexibility index (Phi) is 11.3. The fourth-order valence-corrected chi connectivity index (χ4v) is 3.00. The molecule has 2 atom stereocenters. The van der Waals surface area contributed by atoms with E-state index in [1.54, 1.807) is 14.0 Å². The quantitative estimate of drug-likeness (QED) is 0.300. The molecule has 0 aliphatic carbocycles. The van der Waals surface area contributed by atoms with Crippen LogP contribution in [0.15, 0.2) is 54.6 Å². The topological polar surface area (TPSA) is 102 Å². The van der Waals surface area contributed by atoms with Gasteiger partial charge in [-0.2, -0.15) is 12.6 Å². The molecule has 0 spiro atoms. The van der Waals surface area contributed by atoms with Gasteiger partial charge in [0.25, 0.3) is 0 Å². The molecule has 0 aliphatic heterocycles. The van der Waals surface area contributed by atoms with E-state index in [1.165, 1.54) is 12.5 Å². The second-order valence-electron chi connectivity index (χ2n) is 7.00. The van der Waals surface area contributed by atoms with E-state index in [-0.39, 0.29) is 13.0 Å². The molecule has 7 nitrogen and oxygen atoms in total. The van der Waals surface area contributed by atoms with Crippen molar-refractivity contribution in [2.45, 2.75) is 44.4 Å². The number of carboxylic acids is 1. The van der Waals surface area contributed by atoms with E-state index in [4.69, 9.17) is 9.47 Å². The third-order valence-corrected chi connectivity index (χ3v) is 5.10. The van der Waals surface area contributed by atoms with Crippen molar-refractivity contribution < 1.29 is 29.0 Å². The number of thiol groups is 1. The van der Waals surface area contributed by atoms with Gasteiger partial charge in [-0.1, -0.05) is 55.0 Å². The SMILES string of the molecule is CCOC(=O)C(CC)(NC(=O)C(S)Cc1ccccc1)C(=O)O.COc1ccc(C)cc1. The number of hydrogen-bond acceptors (Lipinski definition) is 6. The largest absolute Gasteiger partial charge is 0.497 e. The molecular weight excluding hydrogens is 430 g/mol. The zero-order valence-electron chi connectivity index (χ0n) is 18.8. The lowest BCUT2D eigenvalue weighted by molar-refractivity contribution is -0.165. The number of nitrogens with one attached hydrogen (secondary N) is 1. The number of carbonyl (C=O) groups excluding carboxylic acids is 2. The molecule has 2 unspecified atom stereocenters. The number of carboxylic acid groups (broad SMARTS) is 1. The van der Waals surface area contributed by atoms with Crippen LogP contribution in [0, 0.1) is 6.92 Å². The van der Waals surface area contributed by atoms with Gasteiger partial charge in [0, 0.05) is 0 Å². The first kappa shape index (κ1) is 27.0. The summed E-state index contributed by atoms with van der Waals surface area (Å²) in [5.41, 5.74) is 0.0529. The Bertz CT molecular complexity index is 872. The van der Waals surface area contributed by atoms with Gasteiger partial charge in [-0.25, -0.2) is 9.59 Å². The average Bonchev–Trinajstić information content (AvgIpc) is 2.78. The Labute approximate surface area is 194 Å². The maximum atomic E-state index is 12.3. The maximum Gasteiger partial charge on any atom is 0.343 e. The Morgan fingerprint density at radius 2 is 1.66 bits per heavy atom. The normalized spacial score (nSPS) is 12.9. The molecule has 8 heteroatoms. The zero-order chi connectivity index (χ0) is 24.1. The molecule has 1 amide bonds. The van der Waals surface area contributed by atoms with E-state index < -0.39 is 28.6 Å². The molecule has 0 aromatic heterocycles. The Balaban J connectivity index is 0.000000471. The van der Waals surface area contributed by atoms with Gasteiger partial charge in [0.2, 0.25) is 11.4 Å². The van der Waals surface area contributed by atoms with Gasteiger partial charge in [0.1, 0.15) is 5.75 Å². The Hall–Kier alpha value is -3.00. The van der Waals surface area contributed by atoms with E-state index in [1.807, 2.05) is 54.6 Å². The number of amides is 1. The summed E-state index contributed by atoms with van der Waals surface area (Å²) in [7, 11) is 1.67. The van der Waals surface area contributed by atoms with Crippen LogP contribution in [-0.2, 0) is 25.5 Å². The molecule has 0 radical (unpaired) electrons. The summed E-state index contributed by atoms with van der Waals surface area (Å²) in [5.74, 6) is -2.15. The van der Waals surface area contributed by atoms with Crippen molar-refractivity contribution in [2.24, 2.45) is 0 Å². The van der Waals surface area contributed by atoms with Gasteiger partial charge in [-0.3, -0.25) is 4.79 Å². The van der Waals surface area contributed by atoms with Crippen LogP contribution in [0.5, 0.6) is 5.75 Å². The fraction of sp³-hybridized carbons (Fsp3) is 0.375. The van der Waals surface area contributed by atoms with Crippen LogP contribution in [0.2, 0.25) is 0 Å². The van der Waals surface area contributed by atoms with Crippen molar-refractivity contribution in [3.63, 3.8) is 0 Å². The van der Waals surface area contributed by atoms with E-state index in [9.17, 15) is 19.5 Å². The molecule has 0 aliphatic rings. The lowest BCUT2D eigenvalue weighted by atomic mass is 9.95. The van der Waals surface area contributed by atoms with Crippen molar-refractivity contribution in [1.82, 2.24) is 5.32 Å². The summed E-state index contributed by atoms with van der Waals surface area (Å²) in [6.07, 6.45) is 0.191. The minimum absolute atomic E-state index is 0.0258. The maximum absolute atomic E-state index is 12.3. The molecule has 0 saturated carbocycles. The van der Waals surface area contributed by atoms with Crippen molar-refractivity contribution in [2.75, 3.05) is 13.7 Å². The number of aliphatic carboxylic acids is 1. The van der Waals surface area contributed by atoms with Crippen LogP contribution in [0.1, 0.15) is 31.4 Å². The summed E-state index contributed by atoms with van der Waals surface area (Å²) in [6, 6.07) is 17.2. The standard InChI is InChI=1S/C16H21NO5S.C8H10O/c1-3-16(14(19)20,15(21)22-4-2)17-13(18)12(23)10-11-8-6-5-7-9-11;1-7-3-5-8(9-2)6-4-7/h5-9,12,23H,3-4,10H2,1-2H3,(H,17,18)(H,19,20);3-6H,1-2H3. The van der Waals surface area contributed by atoms with Crippen LogP contribution < -0.4 is 10.1 Å². The number of rotatable bonds is 9. The van der Waals surface area contributed by atoms with Gasteiger partial charge in [0.15, 0.2) is 0 Å². The molecule has 2 aromatic carbocycles. The number of carbonyl (C=O) groups is 3. The predicted molar refractivity (Wildman–Crippen MR) is 126 cm³/mol. The van der Waals surface area contributed by atoms with Crippen molar-refractivity contribution in [3.8, 4) is 5.75 Å². The van der Waals surface area contributed by atoms with Gasteiger partial charge in [-0.15, -0.1) is 0 Å². The summed E-state index contributed by atoms with van der Waals surface area (Å²) in [5, 5.41) is 10.9. The first-order valence-corrected chi connectivity index (χ1v) is 10.8.